The van der Waals surface area contributed by atoms with Crippen molar-refractivity contribution in [1.29, 1.82) is 0 Å². The number of amides is 1. The van der Waals surface area contributed by atoms with E-state index in [0.29, 0.717) is 35.5 Å². The maximum absolute atomic E-state index is 12.4. The third kappa shape index (κ3) is 3.64. The van der Waals surface area contributed by atoms with E-state index in [9.17, 15) is 14.7 Å². The number of aliphatic imine (C=N–C) groups is 1. The molecule has 2 aliphatic rings. The van der Waals surface area contributed by atoms with Gasteiger partial charge in [0.15, 0.2) is 0 Å². The Morgan fingerprint density at radius 1 is 1.04 bits per heavy atom. The molecule has 0 saturated heterocycles. The number of carbonyl (C=O) groups is 2. The Bertz CT molecular complexity index is 1020. The molecule has 136 valence electrons. The van der Waals surface area contributed by atoms with Gasteiger partial charge in [0.25, 0.3) is 5.91 Å². The largest absolute Gasteiger partial charge is 0.478 e. The number of hydrogen-bond acceptors (Lipinski definition) is 3. The number of hydrogen-bond donors (Lipinski definition) is 2. The minimum atomic E-state index is -1.02. The molecular weight excluding hydrogens is 364 g/mol. The number of carboxylic acids is 1. The molecule has 1 aliphatic carbocycles. The molecule has 1 amide bonds. The van der Waals surface area contributed by atoms with Gasteiger partial charge in [0.1, 0.15) is 0 Å². The Labute approximate surface area is 161 Å². The fourth-order valence-electron chi connectivity index (χ4n) is 3.35. The first-order valence-electron chi connectivity index (χ1n) is 8.73. The summed E-state index contributed by atoms with van der Waals surface area (Å²) in [6.07, 6.45) is 1.60. The zero-order valence-electron chi connectivity index (χ0n) is 14.5. The van der Waals surface area contributed by atoms with E-state index in [-0.39, 0.29) is 11.5 Å². The van der Waals surface area contributed by atoms with Crippen LogP contribution in [0.1, 0.15) is 24.8 Å². The van der Waals surface area contributed by atoms with Crippen molar-refractivity contribution in [3.05, 3.63) is 64.2 Å². The van der Waals surface area contributed by atoms with E-state index in [1.54, 1.807) is 12.1 Å². The second-order valence-corrected chi connectivity index (χ2v) is 7.02. The second-order valence-electron chi connectivity index (χ2n) is 6.61. The first kappa shape index (κ1) is 17.5. The Kier molecular flexibility index (Phi) is 4.54. The van der Waals surface area contributed by atoms with Gasteiger partial charge in [0, 0.05) is 22.4 Å². The summed E-state index contributed by atoms with van der Waals surface area (Å²) >= 11 is 6.45. The summed E-state index contributed by atoms with van der Waals surface area (Å²) in [5.74, 6) is -1.39. The predicted molar refractivity (Wildman–Crippen MR) is 105 cm³/mol. The molecule has 0 unspecified atom stereocenters. The highest BCUT2D eigenvalue weighted by Crippen LogP contribution is 2.32. The molecule has 2 aromatic rings. The highest BCUT2D eigenvalue weighted by atomic mass is 35.5. The molecule has 1 heterocycles. The standard InChI is InChI=1S/C21H17ClN2O3/c22-18-10-14(24-20(25)16-5-2-6-17(16)21(26)27)7-8-15(18)12-3-1-4-13(9-12)19-11-23-19/h1,3-4,7-10H,2,5-6,11H2,(H,24,25)(H,26,27). The van der Waals surface area contributed by atoms with Crippen LogP contribution in [0.15, 0.2) is 58.6 Å². The number of anilines is 1. The summed E-state index contributed by atoms with van der Waals surface area (Å²) in [6, 6.07) is 13.3. The maximum Gasteiger partial charge on any atom is 0.332 e. The number of rotatable bonds is 5. The summed E-state index contributed by atoms with van der Waals surface area (Å²) in [4.78, 5) is 27.9. The van der Waals surface area contributed by atoms with Crippen molar-refractivity contribution in [1.82, 2.24) is 0 Å². The van der Waals surface area contributed by atoms with Gasteiger partial charge in [-0.3, -0.25) is 9.79 Å². The number of benzene rings is 2. The highest BCUT2D eigenvalue weighted by Gasteiger charge is 2.25. The number of carbonyl (C=O) groups excluding carboxylic acids is 1. The van der Waals surface area contributed by atoms with E-state index in [0.717, 1.165) is 28.9 Å². The molecule has 0 bridgehead atoms. The van der Waals surface area contributed by atoms with E-state index in [1.807, 2.05) is 30.3 Å². The van der Waals surface area contributed by atoms with Crippen molar-refractivity contribution < 1.29 is 14.7 Å². The van der Waals surface area contributed by atoms with Gasteiger partial charge in [0.2, 0.25) is 0 Å². The predicted octanol–water partition coefficient (Wildman–Crippen LogP) is 4.31. The number of nitrogens with one attached hydrogen (secondary N) is 1. The third-order valence-corrected chi connectivity index (χ3v) is 5.11. The van der Waals surface area contributed by atoms with Crippen LogP contribution in [0.5, 0.6) is 0 Å². The molecule has 1 aliphatic heterocycles. The molecule has 0 saturated carbocycles. The van der Waals surface area contributed by atoms with Gasteiger partial charge in [-0.05, 0) is 48.6 Å². The van der Waals surface area contributed by atoms with E-state index in [2.05, 4.69) is 10.3 Å². The normalized spacial score (nSPS) is 15.5. The number of halogens is 1. The number of aliphatic carboxylic acids is 1. The van der Waals surface area contributed by atoms with Gasteiger partial charge >= 0.3 is 5.97 Å². The Balaban J connectivity index is 1.56. The third-order valence-electron chi connectivity index (χ3n) is 4.80. The van der Waals surface area contributed by atoms with E-state index in [4.69, 9.17) is 11.6 Å². The van der Waals surface area contributed by atoms with Crippen molar-refractivity contribution in [2.45, 2.75) is 19.3 Å². The summed E-state index contributed by atoms with van der Waals surface area (Å²) < 4.78 is 0. The fourth-order valence-corrected chi connectivity index (χ4v) is 3.64. The summed E-state index contributed by atoms with van der Waals surface area (Å²) in [7, 11) is 0. The van der Waals surface area contributed by atoms with Gasteiger partial charge in [-0.25, -0.2) is 4.79 Å². The van der Waals surface area contributed by atoms with E-state index in [1.165, 1.54) is 0 Å². The Hall–Kier alpha value is -2.92. The van der Waals surface area contributed by atoms with Gasteiger partial charge in [0.05, 0.1) is 17.3 Å². The van der Waals surface area contributed by atoms with Crippen molar-refractivity contribution in [2.75, 3.05) is 11.9 Å². The molecule has 0 atom stereocenters. The fraction of sp³-hybridized carbons (Fsp3) is 0.190. The quantitative estimate of drug-likeness (QED) is 0.811. The molecule has 27 heavy (non-hydrogen) atoms. The zero-order valence-corrected chi connectivity index (χ0v) is 15.2. The first-order chi connectivity index (χ1) is 13.0. The lowest BCUT2D eigenvalue weighted by Crippen LogP contribution is -2.16. The molecule has 0 aromatic heterocycles. The van der Waals surface area contributed by atoms with Crippen molar-refractivity contribution in [3.8, 4) is 11.1 Å². The SMILES string of the molecule is O=C(O)C1=C(C(=O)Nc2ccc(-c3cccc(C4=NC4)c3)c(Cl)c2)CCC1. The number of nitrogens with zero attached hydrogens (tertiary/aromatic N) is 1. The molecule has 4 rings (SSSR count). The summed E-state index contributed by atoms with van der Waals surface area (Å²) in [5, 5.41) is 12.5. The van der Waals surface area contributed by atoms with Gasteiger partial charge in [-0.1, -0.05) is 35.9 Å². The number of carboxylic acid groups (broad SMARTS) is 1. The van der Waals surface area contributed by atoms with Gasteiger partial charge < -0.3 is 10.4 Å². The van der Waals surface area contributed by atoms with E-state index >= 15 is 0 Å². The monoisotopic (exact) mass is 380 g/mol. The Morgan fingerprint density at radius 3 is 2.48 bits per heavy atom. The smallest absolute Gasteiger partial charge is 0.332 e. The van der Waals surface area contributed by atoms with Crippen LogP contribution in [0, 0.1) is 0 Å². The van der Waals surface area contributed by atoms with Gasteiger partial charge in [-0.2, -0.15) is 0 Å². The van der Waals surface area contributed by atoms with Crippen LogP contribution in [0.2, 0.25) is 5.02 Å². The minimum Gasteiger partial charge on any atom is -0.478 e. The lowest BCUT2D eigenvalue weighted by Gasteiger charge is -2.10. The molecule has 2 aromatic carbocycles. The molecule has 0 radical (unpaired) electrons. The molecule has 5 nitrogen and oxygen atoms in total. The molecular formula is C21H17ClN2O3. The van der Waals surface area contributed by atoms with Crippen LogP contribution in [0.4, 0.5) is 5.69 Å². The van der Waals surface area contributed by atoms with Crippen LogP contribution in [-0.4, -0.2) is 29.2 Å². The average molecular weight is 381 g/mol. The Morgan fingerprint density at radius 2 is 1.78 bits per heavy atom. The van der Waals surface area contributed by atoms with Crippen LogP contribution in [0.3, 0.4) is 0 Å². The van der Waals surface area contributed by atoms with E-state index < -0.39 is 5.97 Å². The first-order valence-corrected chi connectivity index (χ1v) is 9.11. The topological polar surface area (TPSA) is 78.8 Å². The van der Waals surface area contributed by atoms with Crippen molar-refractivity contribution in [3.63, 3.8) is 0 Å². The molecule has 2 N–H and O–H groups in total. The zero-order chi connectivity index (χ0) is 19.0. The lowest BCUT2D eigenvalue weighted by atomic mass is 10.0. The van der Waals surface area contributed by atoms with Gasteiger partial charge in [-0.15, -0.1) is 0 Å². The van der Waals surface area contributed by atoms with Crippen molar-refractivity contribution >= 4 is 34.9 Å². The van der Waals surface area contributed by atoms with Crippen LogP contribution in [0.25, 0.3) is 11.1 Å². The highest BCUT2D eigenvalue weighted by molar-refractivity contribution is 6.33. The maximum atomic E-state index is 12.4. The molecule has 6 heteroatoms. The summed E-state index contributed by atoms with van der Waals surface area (Å²) in [6.45, 7) is 0.788. The molecule has 0 fully saturated rings. The van der Waals surface area contributed by atoms with Crippen LogP contribution < -0.4 is 5.32 Å². The second kappa shape index (κ2) is 7.00. The minimum absolute atomic E-state index is 0.204. The lowest BCUT2D eigenvalue weighted by molar-refractivity contribution is -0.133. The molecule has 0 spiro atoms. The van der Waals surface area contributed by atoms with Crippen LogP contribution in [-0.2, 0) is 9.59 Å². The summed E-state index contributed by atoms with van der Waals surface area (Å²) in [5.41, 5.74) is 5.13. The van der Waals surface area contributed by atoms with Crippen molar-refractivity contribution in [2.24, 2.45) is 4.99 Å². The average Bonchev–Trinajstić information content (AvgIpc) is 3.37. The van der Waals surface area contributed by atoms with Crippen LogP contribution >= 0.6 is 11.6 Å².